The van der Waals surface area contributed by atoms with Crippen LogP contribution in [0.25, 0.3) is 0 Å². The van der Waals surface area contributed by atoms with E-state index in [1.165, 1.54) is 0 Å². The molecule has 0 bridgehead atoms. The number of rotatable bonds is 7. The van der Waals surface area contributed by atoms with Gasteiger partial charge in [-0.05, 0) is 24.1 Å². The van der Waals surface area contributed by atoms with E-state index in [9.17, 15) is 4.79 Å². The van der Waals surface area contributed by atoms with E-state index in [0.717, 1.165) is 24.1 Å². The Kier molecular flexibility index (Phi) is 5.73. The van der Waals surface area contributed by atoms with Crippen molar-refractivity contribution in [2.75, 3.05) is 33.9 Å². The van der Waals surface area contributed by atoms with Gasteiger partial charge in [0.15, 0.2) is 0 Å². The van der Waals surface area contributed by atoms with Crippen molar-refractivity contribution in [1.29, 1.82) is 0 Å². The molecule has 21 heavy (non-hydrogen) atoms. The third-order valence-corrected chi connectivity index (χ3v) is 4.00. The number of hydrogen-bond acceptors (Lipinski definition) is 4. The first-order valence-electron chi connectivity index (χ1n) is 7.25. The molecule has 0 aliphatic carbocycles. The summed E-state index contributed by atoms with van der Waals surface area (Å²) in [6, 6.07) is 7.99. The molecule has 1 saturated heterocycles. The standard InChI is InChI=1S/C16H24N2O3/c1-20-10-14-6-4-3-5-13(14)9-18-15(19)16(12-21-2)7-8-17-11-16/h3-6,17H,7-12H2,1-2H3,(H,18,19). The summed E-state index contributed by atoms with van der Waals surface area (Å²) in [5.41, 5.74) is 1.75. The van der Waals surface area contributed by atoms with E-state index in [0.29, 0.717) is 26.3 Å². The zero-order valence-corrected chi connectivity index (χ0v) is 12.8. The molecule has 1 heterocycles. The molecule has 1 aliphatic heterocycles. The lowest BCUT2D eigenvalue weighted by Crippen LogP contribution is -2.45. The van der Waals surface area contributed by atoms with Crippen LogP contribution in [0.1, 0.15) is 17.5 Å². The first kappa shape index (κ1) is 15.9. The van der Waals surface area contributed by atoms with E-state index >= 15 is 0 Å². The lowest BCUT2D eigenvalue weighted by molar-refractivity contribution is -0.133. The monoisotopic (exact) mass is 292 g/mol. The van der Waals surface area contributed by atoms with Crippen LogP contribution in [-0.4, -0.2) is 39.8 Å². The van der Waals surface area contributed by atoms with Crippen LogP contribution in [0.2, 0.25) is 0 Å². The topological polar surface area (TPSA) is 59.6 Å². The van der Waals surface area contributed by atoms with E-state index < -0.39 is 5.41 Å². The molecule has 1 aliphatic rings. The average Bonchev–Trinajstić information content (AvgIpc) is 2.97. The highest BCUT2D eigenvalue weighted by atomic mass is 16.5. The Balaban J connectivity index is 2.00. The molecule has 5 heteroatoms. The summed E-state index contributed by atoms with van der Waals surface area (Å²) >= 11 is 0. The van der Waals surface area contributed by atoms with Gasteiger partial charge in [0.1, 0.15) is 0 Å². The molecule has 2 rings (SSSR count). The third-order valence-electron chi connectivity index (χ3n) is 4.00. The summed E-state index contributed by atoms with van der Waals surface area (Å²) in [4.78, 5) is 12.5. The number of methoxy groups -OCH3 is 2. The second-order valence-electron chi connectivity index (χ2n) is 5.52. The molecule has 0 radical (unpaired) electrons. The summed E-state index contributed by atoms with van der Waals surface area (Å²) in [6.07, 6.45) is 0.812. The maximum absolute atomic E-state index is 12.5. The summed E-state index contributed by atoms with van der Waals surface area (Å²) in [6.45, 7) is 3.05. The van der Waals surface area contributed by atoms with Gasteiger partial charge in [0.05, 0.1) is 18.6 Å². The number of carbonyl (C=O) groups excluding carboxylic acids is 1. The van der Waals surface area contributed by atoms with Crippen molar-refractivity contribution in [2.45, 2.75) is 19.6 Å². The normalized spacial score (nSPS) is 21.4. The number of hydrogen-bond donors (Lipinski definition) is 2. The molecule has 0 spiro atoms. The highest BCUT2D eigenvalue weighted by Crippen LogP contribution is 2.26. The Hall–Kier alpha value is -1.43. The van der Waals surface area contributed by atoms with Gasteiger partial charge in [0.2, 0.25) is 5.91 Å². The highest BCUT2D eigenvalue weighted by molar-refractivity contribution is 5.83. The molecule has 1 atom stereocenters. The van der Waals surface area contributed by atoms with E-state index in [4.69, 9.17) is 9.47 Å². The van der Waals surface area contributed by atoms with Gasteiger partial charge in [0, 0.05) is 27.3 Å². The quantitative estimate of drug-likeness (QED) is 0.789. The van der Waals surface area contributed by atoms with Crippen molar-refractivity contribution in [3.8, 4) is 0 Å². The molecule has 0 aromatic heterocycles. The number of ether oxygens (including phenoxy) is 2. The molecule has 0 saturated carbocycles. The highest BCUT2D eigenvalue weighted by Gasteiger charge is 2.41. The largest absolute Gasteiger partial charge is 0.384 e. The van der Waals surface area contributed by atoms with E-state index in [1.54, 1.807) is 14.2 Å². The van der Waals surface area contributed by atoms with Crippen LogP contribution >= 0.6 is 0 Å². The fourth-order valence-electron chi connectivity index (χ4n) is 2.79. The van der Waals surface area contributed by atoms with Crippen molar-refractivity contribution >= 4 is 5.91 Å². The van der Waals surface area contributed by atoms with Crippen molar-refractivity contribution in [1.82, 2.24) is 10.6 Å². The molecular weight excluding hydrogens is 268 g/mol. The van der Waals surface area contributed by atoms with Gasteiger partial charge in [-0.15, -0.1) is 0 Å². The van der Waals surface area contributed by atoms with Crippen LogP contribution in [0.5, 0.6) is 0 Å². The Morgan fingerprint density at radius 1 is 1.29 bits per heavy atom. The lowest BCUT2D eigenvalue weighted by atomic mass is 9.87. The van der Waals surface area contributed by atoms with Crippen molar-refractivity contribution < 1.29 is 14.3 Å². The summed E-state index contributed by atoms with van der Waals surface area (Å²) in [7, 11) is 3.31. The van der Waals surface area contributed by atoms with Crippen LogP contribution in [0.4, 0.5) is 0 Å². The average molecular weight is 292 g/mol. The number of benzene rings is 1. The van der Waals surface area contributed by atoms with E-state index in [2.05, 4.69) is 10.6 Å². The minimum atomic E-state index is -0.440. The van der Waals surface area contributed by atoms with Crippen molar-refractivity contribution in [2.24, 2.45) is 5.41 Å². The molecular formula is C16H24N2O3. The van der Waals surface area contributed by atoms with Gasteiger partial charge in [-0.1, -0.05) is 24.3 Å². The van der Waals surface area contributed by atoms with Gasteiger partial charge >= 0.3 is 0 Å². The molecule has 1 unspecified atom stereocenters. The predicted molar refractivity (Wildman–Crippen MR) is 80.8 cm³/mol. The molecule has 5 nitrogen and oxygen atoms in total. The number of nitrogens with one attached hydrogen (secondary N) is 2. The minimum absolute atomic E-state index is 0.0570. The molecule has 116 valence electrons. The van der Waals surface area contributed by atoms with E-state index in [1.807, 2.05) is 24.3 Å². The first-order chi connectivity index (χ1) is 10.2. The van der Waals surface area contributed by atoms with Crippen LogP contribution in [0.15, 0.2) is 24.3 Å². The first-order valence-corrected chi connectivity index (χ1v) is 7.25. The second kappa shape index (κ2) is 7.54. The van der Waals surface area contributed by atoms with Crippen LogP contribution in [0.3, 0.4) is 0 Å². The van der Waals surface area contributed by atoms with E-state index in [-0.39, 0.29) is 5.91 Å². The zero-order valence-electron chi connectivity index (χ0n) is 12.8. The predicted octanol–water partition coefficient (Wildman–Crippen LogP) is 1.08. The molecule has 1 fully saturated rings. The minimum Gasteiger partial charge on any atom is -0.384 e. The summed E-state index contributed by atoms with van der Waals surface area (Å²) in [5.74, 6) is 0.0570. The van der Waals surface area contributed by atoms with Crippen LogP contribution in [-0.2, 0) is 27.4 Å². The second-order valence-corrected chi connectivity index (χ2v) is 5.52. The van der Waals surface area contributed by atoms with Gasteiger partial charge in [-0.25, -0.2) is 0 Å². The Labute approximate surface area is 126 Å². The number of amides is 1. The van der Waals surface area contributed by atoms with Gasteiger partial charge in [-0.2, -0.15) is 0 Å². The maximum atomic E-state index is 12.5. The zero-order chi connectivity index (χ0) is 15.1. The van der Waals surface area contributed by atoms with Crippen molar-refractivity contribution in [3.05, 3.63) is 35.4 Å². The Morgan fingerprint density at radius 2 is 2.05 bits per heavy atom. The molecule has 1 aromatic carbocycles. The SMILES string of the molecule is COCc1ccccc1CNC(=O)C1(COC)CCNC1. The third kappa shape index (κ3) is 3.81. The molecule has 2 N–H and O–H groups in total. The Bertz CT molecular complexity index is 470. The molecule has 1 amide bonds. The number of carbonyl (C=O) groups is 1. The summed E-state index contributed by atoms with van der Waals surface area (Å²) < 4.78 is 10.4. The Morgan fingerprint density at radius 3 is 2.67 bits per heavy atom. The van der Waals surface area contributed by atoms with Crippen LogP contribution in [0, 0.1) is 5.41 Å². The maximum Gasteiger partial charge on any atom is 0.230 e. The fourth-order valence-corrected chi connectivity index (χ4v) is 2.79. The summed E-state index contributed by atoms with van der Waals surface area (Å²) in [5, 5.41) is 6.30. The lowest BCUT2D eigenvalue weighted by Gasteiger charge is -2.26. The van der Waals surface area contributed by atoms with Gasteiger partial charge in [0.25, 0.3) is 0 Å². The van der Waals surface area contributed by atoms with Gasteiger partial charge in [-0.3, -0.25) is 4.79 Å². The fraction of sp³-hybridized carbons (Fsp3) is 0.562. The van der Waals surface area contributed by atoms with Crippen LogP contribution < -0.4 is 10.6 Å². The van der Waals surface area contributed by atoms with Crippen molar-refractivity contribution in [3.63, 3.8) is 0 Å². The molecule has 1 aromatic rings. The smallest absolute Gasteiger partial charge is 0.230 e. The van der Waals surface area contributed by atoms with Gasteiger partial charge < -0.3 is 20.1 Å².